The van der Waals surface area contributed by atoms with E-state index in [1.165, 1.54) is 16.4 Å². The Labute approximate surface area is 303 Å². The highest BCUT2D eigenvalue weighted by Gasteiger charge is 2.42. The Bertz CT molecular complexity index is 1680. The third kappa shape index (κ3) is 11.0. The zero-order chi connectivity index (χ0) is 36.9. The van der Waals surface area contributed by atoms with Crippen LogP contribution in [0.1, 0.15) is 78.5 Å². The number of rotatable bonds is 12. The summed E-state index contributed by atoms with van der Waals surface area (Å²) in [7, 11) is -3.78. The monoisotopic (exact) mass is 777 g/mol. The minimum atomic E-state index is -3.78. The van der Waals surface area contributed by atoms with Gasteiger partial charge in [-0.2, -0.15) is 4.31 Å². The highest BCUT2D eigenvalue weighted by Crippen LogP contribution is 2.29. The molecule has 0 unspecified atom stereocenters. The second-order valence-electron chi connectivity index (χ2n) is 14.6. The van der Waals surface area contributed by atoms with Crippen LogP contribution in [0.25, 0.3) is 0 Å². The number of nitrogens with one attached hydrogen (secondary N) is 2. The minimum absolute atomic E-state index is 0.0355. The van der Waals surface area contributed by atoms with Crippen molar-refractivity contribution in [1.29, 1.82) is 0 Å². The molecule has 0 spiro atoms. The van der Waals surface area contributed by atoms with E-state index in [0.717, 1.165) is 24.1 Å². The summed E-state index contributed by atoms with van der Waals surface area (Å²) in [6.45, 7) is 10.9. The molecule has 15 heteroatoms. The predicted molar refractivity (Wildman–Crippen MR) is 191 cm³/mol. The maximum Gasteiger partial charge on any atom is 0.416 e. The van der Waals surface area contributed by atoms with Crippen LogP contribution in [0.3, 0.4) is 0 Å². The largest absolute Gasteiger partial charge is 0.458 e. The van der Waals surface area contributed by atoms with Crippen LogP contribution in [-0.2, 0) is 46.7 Å². The highest BCUT2D eigenvalue weighted by atomic mass is 79.9. The van der Waals surface area contributed by atoms with Crippen molar-refractivity contribution in [3.63, 3.8) is 0 Å². The number of halogens is 1. The molecule has 3 amide bonds. The van der Waals surface area contributed by atoms with Gasteiger partial charge in [0, 0.05) is 42.8 Å². The van der Waals surface area contributed by atoms with E-state index in [2.05, 4.69) is 26.6 Å². The van der Waals surface area contributed by atoms with Gasteiger partial charge in [0.1, 0.15) is 23.1 Å². The summed E-state index contributed by atoms with van der Waals surface area (Å²) in [6, 6.07) is 9.11. The molecule has 50 heavy (non-hydrogen) atoms. The van der Waals surface area contributed by atoms with E-state index in [1.54, 1.807) is 37.8 Å². The first-order valence-corrected chi connectivity index (χ1v) is 19.1. The van der Waals surface area contributed by atoms with Gasteiger partial charge in [-0.25, -0.2) is 23.0 Å². The number of unbranched alkanes of at least 4 members (excludes halogenated alkanes) is 1. The van der Waals surface area contributed by atoms with Crippen molar-refractivity contribution in [2.45, 2.75) is 102 Å². The van der Waals surface area contributed by atoms with Gasteiger partial charge < -0.3 is 20.1 Å². The molecule has 0 aliphatic carbocycles. The summed E-state index contributed by atoms with van der Waals surface area (Å²) in [4.78, 5) is 58.1. The van der Waals surface area contributed by atoms with Gasteiger partial charge in [-0.05, 0) is 103 Å². The molecule has 2 aliphatic rings. The van der Waals surface area contributed by atoms with Crippen molar-refractivity contribution in [2.24, 2.45) is 5.92 Å². The quantitative estimate of drug-likeness (QED) is 0.233. The van der Waals surface area contributed by atoms with Gasteiger partial charge in [0.2, 0.25) is 21.8 Å². The lowest BCUT2D eigenvalue weighted by atomic mass is 10.0. The summed E-state index contributed by atoms with van der Waals surface area (Å²) in [5.41, 5.74) is 0.364. The van der Waals surface area contributed by atoms with Crippen LogP contribution in [-0.4, -0.2) is 85.0 Å². The summed E-state index contributed by atoms with van der Waals surface area (Å²) in [5, 5.41) is 5.38. The van der Waals surface area contributed by atoms with Crippen LogP contribution in [0.5, 0.6) is 0 Å². The standard InChI is InChI=1S/C35H48BrN5O8S/c1-34(2,3)48-32(44)28(39-31(43)24-21-40(22-24)50(46,47)27-14-9-12-25(36)19-27)20-37-29(42)15-8-7-13-26-17-16-23-11-10-18-41(30(23)38-26)33(45)49-35(4,5)6/h9,12,14,16-17,19,24,28H,7-8,10-11,13,15,18,20-22H2,1-6H3,(H,37,42)(H,39,43)/t28-/m0/s1. The number of aryl methyl sites for hydroxylation is 2. The zero-order valence-corrected chi connectivity index (χ0v) is 32.0. The third-order valence-electron chi connectivity index (χ3n) is 7.96. The van der Waals surface area contributed by atoms with Crippen molar-refractivity contribution < 1.29 is 37.1 Å². The SMILES string of the molecule is CC(C)(C)OC(=O)[C@H](CNC(=O)CCCCc1ccc2c(n1)N(C(=O)OC(C)(C)C)CCC2)NC(=O)C1CN(S(=O)(=O)c2cccc(Br)c2)C1. The normalized spacial score (nSPS) is 16.1. The number of amides is 3. The van der Waals surface area contributed by atoms with Crippen molar-refractivity contribution in [2.75, 3.05) is 31.1 Å². The molecule has 4 rings (SSSR count). The van der Waals surface area contributed by atoms with E-state index < -0.39 is 51.2 Å². The number of anilines is 1. The number of fused-ring (bicyclic) bond motifs is 1. The summed E-state index contributed by atoms with van der Waals surface area (Å²) in [5.74, 6) is -1.54. The molecule has 3 heterocycles. The highest BCUT2D eigenvalue weighted by molar-refractivity contribution is 9.10. The molecule has 2 N–H and O–H groups in total. The summed E-state index contributed by atoms with van der Waals surface area (Å²) < 4.78 is 38.8. The number of hydrogen-bond donors (Lipinski definition) is 2. The molecule has 1 saturated heterocycles. The second kappa shape index (κ2) is 16.2. The zero-order valence-electron chi connectivity index (χ0n) is 29.6. The lowest BCUT2D eigenvalue weighted by molar-refractivity contribution is -0.159. The fraction of sp³-hybridized carbons (Fsp3) is 0.571. The molecule has 274 valence electrons. The number of carbonyl (C=O) groups excluding carboxylic acids is 4. The number of aromatic nitrogens is 1. The van der Waals surface area contributed by atoms with Crippen LogP contribution in [0.2, 0.25) is 0 Å². The Kier molecular flexibility index (Phi) is 12.7. The fourth-order valence-corrected chi connectivity index (χ4v) is 7.57. The van der Waals surface area contributed by atoms with E-state index in [1.807, 2.05) is 32.9 Å². The molecule has 1 fully saturated rings. The molecule has 1 aromatic heterocycles. The number of pyridine rings is 1. The van der Waals surface area contributed by atoms with Crippen molar-refractivity contribution in [1.82, 2.24) is 19.9 Å². The number of esters is 1. The Morgan fingerprint density at radius 3 is 2.36 bits per heavy atom. The van der Waals surface area contributed by atoms with Crippen molar-refractivity contribution >= 4 is 55.6 Å². The van der Waals surface area contributed by atoms with Crippen LogP contribution < -0.4 is 15.5 Å². The third-order valence-corrected chi connectivity index (χ3v) is 10.3. The number of carbonyl (C=O) groups is 4. The second-order valence-corrected chi connectivity index (χ2v) is 17.5. The summed E-state index contributed by atoms with van der Waals surface area (Å²) >= 11 is 3.28. The van der Waals surface area contributed by atoms with Crippen LogP contribution in [0.4, 0.5) is 10.6 Å². The van der Waals surface area contributed by atoms with E-state index in [0.29, 0.717) is 36.1 Å². The van der Waals surface area contributed by atoms with Gasteiger partial charge in [-0.3, -0.25) is 14.5 Å². The Balaban J connectivity index is 1.27. The fourth-order valence-electron chi connectivity index (χ4n) is 5.44. The molecule has 0 saturated carbocycles. The van der Waals surface area contributed by atoms with E-state index >= 15 is 0 Å². The first-order chi connectivity index (χ1) is 23.3. The maximum atomic E-state index is 13.1. The van der Waals surface area contributed by atoms with Crippen LogP contribution in [0, 0.1) is 5.92 Å². The molecule has 13 nitrogen and oxygen atoms in total. The molecule has 1 atom stereocenters. The smallest absolute Gasteiger partial charge is 0.416 e. The van der Waals surface area contributed by atoms with Crippen molar-refractivity contribution in [3.8, 4) is 0 Å². The average Bonchev–Trinajstić information content (AvgIpc) is 2.98. The Hall–Kier alpha value is -3.56. The number of benzene rings is 1. The van der Waals surface area contributed by atoms with E-state index in [-0.39, 0.29) is 36.9 Å². The first kappa shape index (κ1) is 39.2. The lowest BCUT2D eigenvalue weighted by Gasteiger charge is -2.37. The van der Waals surface area contributed by atoms with Gasteiger partial charge in [-0.1, -0.05) is 28.1 Å². The molecule has 0 radical (unpaired) electrons. The van der Waals surface area contributed by atoms with E-state index in [9.17, 15) is 27.6 Å². The molecule has 2 aromatic rings. The van der Waals surface area contributed by atoms with Crippen LogP contribution >= 0.6 is 15.9 Å². The minimum Gasteiger partial charge on any atom is -0.458 e. The van der Waals surface area contributed by atoms with Gasteiger partial charge >= 0.3 is 12.1 Å². The number of ether oxygens (including phenoxy) is 2. The predicted octanol–water partition coefficient (Wildman–Crippen LogP) is 4.51. The number of sulfonamides is 1. The number of nitrogens with zero attached hydrogens (tertiary/aromatic N) is 3. The molecular formula is C35H48BrN5O8S. The molecule has 1 aromatic carbocycles. The topological polar surface area (TPSA) is 164 Å². The van der Waals surface area contributed by atoms with Gasteiger partial charge in [-0.15, -0.1) is 0 Å². The summed E-state index contributed by atoms with van der Waals surface area (Å²) in [6.07, 6.45) is 3.26. The van der Waals surface area contributed by atoms with E-state index in [4.69, 9.17) is 14.5 Å². The Morgan fingerprint density at radius 1 is 1.00 bits per heavy atom. The first-order valence-electron chi connectivity index (χ1n) is 16.9. The number of hydrogen-bond acceptors (Lipinski definition) is 9. The average molecular weight is 779 g/mol. The van der Waals surface area contributed by atoms with Crippen LogP contribution in [0.15, 0.2) is 45.8 Å². The Morgan fingerprint density at radius 2 is 1.70 bits per heavy atom. The van der Waals surface area contributed by atoms with Gasteiger partial charge in [0.15, 0.2) is 0 Å². The molecule has 2 aliphatic heterocycles. The molecule has 0 bridgehead atoms. The van der Waals surface area contributed by atoms with Gasteiger partial charge in [0.25, 0.3) is 0 Å². The maximum absolute atomic E-state index is 13.1. The van der Waals surface area contributed by atoms with Crippen molar-refractivity contribution in [3.05, 3.63) is 52.1 Å². The lowest BCUT2D eigenvalue weighted by Crippen LogP contribution is -2.59. The van der Waals surface area contributed by atoms with Gasteiger partial charge in [0.05, 0.1) is 10.8 Å². The molecular weight excluding hydrogens is 730 g/mol.